The molecule has 0 radical (unpaired) electrons. The standard InChI is InChI=1S/C19H17FN6O/c20-15-8-23-18(24-9-15)26-5-3-19(11-26)12-27-10-14-7-22-17(25-16(14)19)13-2-1-4-21-6-13/h1-2,4,6-9H,3,5,10-12H2. The topological polar surface area (TPSA) is 76.9 Å². The molecule has 3 aromatic rings. The minimum Gasteiger partial charge on any atom is -0.376 e. The molecule has 0 amide bonds. The summed E-state index contributed by atoms with van der Waals surface area (Å²) in [5, 5.41) is 0. The minimum absolute atomic E-state index is 0.245. The summed E-state index contributed by atoms with van der Waals surface area (Å²) < 4.78 is 19.0. The summed E-state index contributed by atoms with van der Waals surface area (Å²) in [6, 6.07) is 3.83. The van der Waals surface area contributed by atoms with Crippen molar-refractivity contribution in [1.29, 1.82) is 0 Å². The van der Waals surface area contributed by atoms with Crippen LogP contribution in [0.2, 0.25) is 0 Å². The Morgan fingerprint density at radius 2 is 2.00 bits per heavy atom. The Morgan fingerprint density at radius 1 is 1.11 bits per heavy atom. The number of fused-ring (bicyclic) bond motifs is 2. The Labute approximate surface area is 155 Å². The highest BCUT2D eigenvalue weighted by atomic mass is 19.1. The van der Waals surface area contributed by atoms with E-state index in [2.05, 4.69) is 24.8 Å². The van der Waals surface area contributed by atoms with Crippen LogP contribution < -0.4 is 4.90 Å². The Kier molecular flexibility index (Phi) is 3.78. The third kappa shape index (κ3) is 2.82. The molecule has 7 nitrogen and oxygen atoms in total. The molecule has 27 heavy (non-hydrogen) atoms. The molecular formula is C19H17FN6O. The maximum Gasteiger partial charge on any atom is 0.225 e. The Morgan fingerprint density at radius 3 is 2.81 bits per heavy atom. The minimum atomic E-state index is -0.437. The molecule has 8 heteroatoms. The number of hydrogen-bond donors (Lipinski definition) is 0. The first kappa shape index (κ1) is 16.2. The molecule has 0 bridgehead atoms. The second-order valence-electron chi connectivity index (χ2n) is 6.96. The first-order chi connectivity index (χ1) is 13.2. The maximum absolute atomic E-state index is 13.1. The lowest BCUT2D eigenvalue weighted by Gasteiger charge is -2.34. The molecule has 1 unspecified atom stereocenters. The van der Waals surface area contributed by atoms with Crippen LogP contribution in [-0.4, -0.2) is 44.6 Å². The van der Waals surface area contributed by atoms with Crippen molar-refractivity contribution in [2.75, 3.05) is 24.6 Å². The van der Waals surface area contributed by atoms with Crippen molar-refractivity contribution >= 4 is 5.95 Å². The van der Waals surface area contributed by atoms with Gasteiger partial charge < -0.3 is 9.64 Å². The summed E-state index contributed by atoms with van der Waals surface area (Å²) in [5.41, 5.74) is 2.67. The lowest BCUT2D eigenvalue weighted by molar-refractivity contribution is 0.0557. The van der Waals surface area contributed by atoms with E-state index in [1.54, 1.807) is 12.4 Å². The Balaban J connectivity index is 1.51. The van der Waals surface area contributed by atoms with Gasteiger partial charge in [-0.2, -0.15) is 0 Å². The van der Waals surface area contributed by atoms with Crippen LogP contribution in [0.25, 0.3) is 11.4 Å². The summed E-state index contributed by atoms with van der Waals surface area (Å²) in [4.78, 5) is 23.8. The first-order valence-electron chi connectivity index (χ1n) is 8.81. The highest BCUT2D eigenvalue weighted by Crippen LogP contribution is 2.40. The number of pyridine rings is 1. The molecule has 0 aliphatic carbocycles. The quantitative estimate of drug-likeness (QED) is 0.689. The van der Waals surface area contributed by atoms with Crippen molar-refractivity contribution < 1.29 is 9.13 Å². The molecule has 1 saturated heterocycles. The molecule has 0 aromatic carbocycles. The average molecular weight is 364 g/mol. The fraction of sp³-hybridized carbons (Fsp3) is 0.316. The van der Waals surface area contributed by atoms with Crippen molar-refractivity contribution in [2.45, 2.75) is 18.4 Å². The monoisotopic (exact) mass is 364 g/mol. The van der Waals surface area contributed by atoms with E-state index in [-0.39, 0.29) is 5.41 Å². The number of aromatic nitrogens is 5. The van der Waals surface area contributed by atoms with Gasteiger partial charge in [-0.05, 0) is 18.6 Å². The van der Waals surface area contributed by atoms with E-state index in [1.807, 2.05) is 18.3 Å². The summed E-state index contributed by atoms with van der Waals surface area (Å²) in [6.07, 6.45) is 8.60. The van der Waals surface area contributed by atoms with Gasteiger partial charge in [-0.25, -0.2) is 24.3 Å². The zero-order valence-electron chi connectivity index (χ0n) is 14.5. The highest BCUT2D eigenvalue weighted by Gasteiger charge is 2.45. The molecule has 1 atom stereocenters. The molecule has 1 fully saturated rings. The number of rotatable bonds is 2. The second kappa shape index (κ2) is 6.31. The molecule has 3 aromatic heterocycles. The molecule has 0 N–H and O–H groups in total. The van der Waals surface area contributed by atoms with Gasteiger partial charge in [0, 0.05) is 42.8 Å². The lowest BCUT2D eigenvalue weighted by atomic mass is 9.80. The van der Waals surface area contributed by atoms with Gasteiger partial charge in [0.25, 0.3) is 0 Å². The van der Waals surface area contributed by atoms with Gasteiger partial charge >= 0.3 is 0 Å². The third-order valence-electron chi connectivity index (χ3n) is 5.17. The van der Waals surface area contributed by atoms with E-state index in [0.717, 1.165) is 29.8 Å². The van der Waals surface area contributed by atoms with E-state index in [1.165, 1.54) is 12.4 Å². The van der Waals surface area contributed by atoms with Gasteiger partial charge in [-0.1, -0.05) is 0 Å². The van der Waals surface area contributed by atoms with Crippen molar-refractivity contribution in [3.05, 3.63) is 60.2 Å². The van der Waals surface area contributed by atoms with Crippen molar-refractivity contribution in [2.24, 2.45) is 0 Å². The molecule has 1 spiro atoms. The van der Waals surface area contributed by atoms with E-state index in [4.69, 9.17) is 9.72 Å². The van der Waals surface area contributed by atoms with Crippen LogP contribution >= 0.6 is 0 Å². The summed E-state index contributed by atoms with van der Waals surface area (Å²) in [5.74, 6) is 0.759. The predicted octanol–water partition coefficient (Wildman–Crippen LogP) is 2.15. The van der Waals surface area contributed by atoms with Crippen LogP contribution in [-0.2, 0) is 16.8 Å². The van der Waals surface area contributed by atoms with Gasteiger partial charge in [0.1, 0.15) is 0 Å². The second-order valence-corrected chi connectivity index (χ2v) is 6.96. The van der Waals surface area contributed by atoms with Crippen LogP contribution in [0.15, 0.2) is 43.1 Å². The SMILES string of the molecule is Fc1cnc(N2CCC3(COCc4cnc(-c5cccnc5)nc43)C2)nc1. The van der Waals surface area contributed by atoms with Gasteiger partial charge in [0.2, 0.25) is 5.95 Å². The van der Waals surface area contributed by atoms with Crippen LogP contribution in [0.4, 0.5) is 10.3 Å². The zero-order chi connectivity index (χ0) is 18.3. The fourth-order valence-electron chi connectivity index (χ4n) is 3.85. The lowest BCUT2D eigenvalue weighted by Crippen LogP contribution is -2.40. The van der Waals surface area contributed by atoms with E-state index >= 15 is 0 Å². The zero-order valence-corrected chi connectivity index (χ0v) is 14.5. The van der Waals surface area contributed by atoms with Gasteiger partial charge in [-0.3, -0.25) is 4.98 Å². The molecule has 2 aliphatic rings. The number of nitrogens with zero attached hydrogens (tertiary/aromatic N) is 6. The smallest absolute Gasteiger partial charge is 0.225 e. The number of halogens is 1. The summed E-state index contributed by atoms with van der Waals surface area (Å²) in [7, 11) is 0. The van der Waals surface area contributed by atoms with Crippen LogP contribution in [0.1, 0.15) is 17.7 Å². The average Bonchev–Trinajstić information content (AvgIpc) is 3.14. The molecular weight excluding hydrogens is 347 g/mol. The molecule has 136 valence electrons. The fourth-order valence-corrected chi connectivity index (χ4v) is 3.85. The van der Waals surface area contributed by atoms with Crippen molar-refractivity contribution in [3.8, 4) is 11.4 Å². The summed E-state index contributed by atoms with van der Waals surface area (Å²) in [6.45, 7) is 2.54. The van der Waals surface area contributed by atoms with Crippen molar-refractivity contribution in [1.82, 2.24) is 24.9 Å². The Hall–Kier alpha value is -3.00. The third-order valence-corrected chi connectivity index (χ3v) is 5.17. The van der Waals surface area contributed by atoms with E-state index in [0.29, 0.717) is 31.5 Å². The first-order valence-corrected chi connectivity index (χ1v) is 8.81. The van der Waals surface area contributed by atoms with E-state index in [9.17, 15) is 4.39 Å². The highest BCUT2D eigenvalue weighted by molar-refractivity contribution is 5.54. The van der Waals surface area contributed by atoms with E-state index < -0.39 is 5.82 Å². The van der Waals surface area contributed by atoms with Crippen LogP contribution in [0, 0.1) is 5.82 Å². The van der Waals surface area contributed by atoms with Crippen molar-refractivity contribution in [3.63, 3.8) is 0 Å². The maximum atomic E-state index is 13.1. The molecule has 0 saturated carbocycles. The molecule has 2 aliphatic heterocycles. The number of ether oxygens (including phenoxy) is 1. The summed E-state index contributed by atoms with van der Waals surface area (Å²) >= 11 is 0. The Bertz CT molecular complexity index is 968. The predicted molar refractivity (Wildman–Crippen MR) is 95.4 cm³/mol. The van der Waals surface area contributed by atoms with Gasteiger partial charge in [-0.15, -0.1) is 0 Å². The van der Waals surface area contributed by atoms with Crippen LogP contribution in [0.5, 0.6) is 0 Å². The van der Waals surface area contributed by atoms with Gasteiger partial charge in [0.05, 0.1) is 36.7 Å². The van der Waals surface area contributed by atoms with Gasteiger partial charge in [0.15, 0.2) is 11.6 Å². The normalized spacial score (nSPS) is 21.4. The molecule has 5 rings (SSSR count). The largest absolute Gasteiger partial charge is 0.376 e. The molecule has 5 heterocycles. The number of anilines is 1. The number of hydrogen-bond acceptors (Lipinski definition) is 7. The van der Waals surface area contributed by atoms with Crippen LogP contribution in [0.3, 0.4) is 0 Å².